The van der Waals surface area contributed by atoms with E-state index in [4.69, 9.17) is 0 Å². The van der Waals surface area contributed by atoms with Crippen molar-refractivity contribution in [2.24, 2.45) is 5.92 Å². The van der Waals surface area contributed by atoms with Gasteiger partial charge < -0.3 is 31.1 Å². The molecule has 2 unspecified atom stereocenters. The van der Waals surface area contributed by atoms with E-state index in [1.54, 1.807) is 11.9 Å². The van der Waals surface area contributed by atoms with Crippen LogP contribution in [0.3, 0.4) is 0 Å². The van der Waals surface area contributed by atoms with Gasteiger partial charge >= 0.3 is 18.1 Å². The van der Waals surface area contributed by atoms with E-state index < -0.39 is 0 Å². The minimum Gasteiger partial charge on any atom is -0.336 e. The van der Waals surface area contributed by atoms with Crippen LogP contribution in [0, 0.1) is 5.92 Å². The predicted octanol–water partition coefficient (Wildman–Crippen LogP) is 9.26. The molecule has 6 amide bonds. The molecule has 2 fully saturated rings. The lowest BCUT2D eigenvalue weighted by Gasteiger charge is -2.36. The van der Waals surface area contributed by atoms with Gasteiger partial charge in [0.2, 0.25) is 0 Å². The Balaban J connectivity index is 1.24. The number of urea groups is 3. The zero-order valence-electron chi connectivity index (χ0n) is 31.7. The maximum atomic E-state index is 14.2. The first-order valence-electron chi connectivity index (χ1n) is 20.0. The number of rotatable bonds is 18. The summed E-state index contributed by atoms with van der Waals surface area (Å²) in [6.07, 6.45) is 15.2. The second-order valence-electron chi connectivity index (χ2n) is 14.8. The van der Waals surface area contributed by atoms with E-state index in [2.05, 4.69) is 26.2 Å². The summed E-state index contributed by atoms with van der Waals surface area (Å²) >= 11 is 0. The van der Waals surface area contributed by atoms with Crippen molar-refractivity contribution >= 4 is 35.2 Å². The molecule has 3 aromatic carbocycles. The molecule has 1 heterocycles. The van der Waals surface area contributed by atoms with Gasteiger partial charge in [-0.15, -0.1) is 0 Å². The minimum absolute atomic E-state index is 0.157. The maximum Gasteiger partial charge on any atom is 0.322 e. The van der Waals surface area contributed by atoms with Crippen LogP contribution in [0.5, 0.6) is 0 Å². The van der Waals surface area contributed by atoms with Gasteiger partial charge in [0.25, 0.3) is 0 Å². The number of amides is 6. The number of hydrogen-bond acceptors (Lipinski definition) is 4. The van der Waals surface area contributed by atoms with Crippen LogP contribution in [-0.2, 0) is 0 Å². The highest BCUT2D eigenvalue weighted by Gasteiger charge is 2.32. The summed E-state index contributed by atoms with van der Waals surface area (Å²) in [5.74, 6) is 0.903. The molecule has 2 atom stereocenters. The smallest absolute Gasteiger partial charge is 0.322 e. The molecule has 4 N–H and O–H groups in total. The summed E-state index contributed by atoms with van der Waals surface area (Å²) in [5.41, 5.74) is 2.21. The molecule has 0 spiro atoms. The highest BCUT2D eigenvalue weighted by molar-refractivity contribution is 5.91. The van der Waals surface area contributed by atoms with Crippen molar-refractivity contribution in [2.45, 2.75) is 95.6 Å². The molecule has 3 aromatic rings. The van der Waals surface area contributed by atoms with E-state index in [9.17, 15) is 14.4 Å². The normalized spacial score (nSPS) is 16.7. The fraction of sp³-hybridized carbons (Fsp3) is 0.512. The van der Waals surface area contributed by atoms with Crippen molar-refractivity contribution in [3.63, 3.8) is 0 Å². The molecule has 0 aromatic heterocycles. The zero-order valence-corrected chi connectivity index (χ0v) is 31.7. The Morgan fingerprint density at radius 2 is 1.30 bits per heavy atom. The molecule has 2 aliphatic rings. The summed E-state index contributed by atoms with van der Waals surface area (Å²) in [7, 11) is 1.80. The van der Waals surface area contributed by atoms with Crippen LogP contribution in [0.15, 0.2) is 91.0 Å². The van der Waals surface area contributed by atoms with Gasteiger partial charge in [0, 0.05) is 49.8 Å². The van der Waals surface area contributed by atoms with E-state index in [0.717, 1.165) is 56.1 Å². The fourth-order valence-electron chi connectivity index (χ4n) is 7.81. The van der Waals surface area contributed by atoms with Crippen LogP contribution in [0.2, 0.25) is 0 Å². The summed E-state index contributed by atoms with van der Waals surface area (Å²) < 4.78 is 0. The SMILES string of the molecule is CN(CCCCC(CNC(=O)Nc1ccccc1)N(CC1CCCN1CCCCC1CCCCC1)C(=O)Nc1ccccc1)C(=O)Nc1ccccc1. The van der Waals surface area contributed by atoms with Gasteiger partial charge in [0.1, 0.15) is 0 Å². The number of para-hydroxylation sites is 3. The third-order valence-corrected chi connectivity index (χ3v) is 10.8. The Hall–Kier alpha value is -4.57. The Kier molecular flexibility index (Phi) is 16.3. The fourth-order valence-corrected chi connectivity index (χ4v) is 7.81. The number of unbranched alkanes of at least 4 members (excludes halogenated alkanes) is 2. The van der Waals surface area contributed by atoms with E-state index in [1.165, 1.54) is 51.4 Å². The van der Waals surface area contributed by atoms with Gasteiger partial charge in [-0.1, -0.05) is 99.5 Å². The molecule has 0 radical (unpaired) electrons. The van der Waals surface area contributed by atoms with Crippen molar-refractivity contribution in [1.82, 2.24) is 20.0 Å². The average molecular weight is 724 g/mol. The largest absolute Gasteiger partial charge is 0.336 e. The molecule has 1 aliphatic heterocycles. The Morgan fingerprint density at radius 1 is 0.698 bits per heavy atom. The Bertz CT molecular complexity index is 1500. The second-order valence-corrected chi connectivity index (χ2v) is 14.8. The third kappa shape index (κ3) is 13.7. The summed E-state index contributed by atoms with van der Waals surface area (Å²) in [6, 6.07) is 27.8. The van der Waals surface area contributed by atoms with Crippen molar-refractivity contribution in [3.8, 4) is 0 Å². The molecular formula is C43H61N7O3. The molecule has 1 saturated carbocycles. The summed E-state index contributed by atoms with van der Waals surface area (Å²) in [4.78, 5) is 46.4. The van der Waals surface area contributed by atoms with E-state index in [0.29, 0.717) is 31.7 Å². The number of carbonyl (C=O) groups excluding carboxylic acids is 3. The lowest BCUT2D eigenvalue weighted by Crippen LogP contribution is -2.53. The Morgan fingerprint density at radius 3 is 1.94 bits per heavy atom. The van der Waals surface area contributed by atoms with Gasteiger partial charge in [-0.05, 0) is 93.9 Å². The van der Waals surface area contributed by atoms with Gasteiger partial charge in [0.15, 0.2) is 0 Å². The number of nitrogens with one attached hydrogen (secondary N) is 4. The molecule has 1 aliphatic carbocycles. The predicted molar refractivity (Wildman–Crippen MR) is 216 cm³/mol. The van der Waals surface area contributed by atoms with Crippen LogP contribution in [0.25, 0.3) is 0 Å². The first-order valence-corrected chi connectivity index (χ1v) is 20.0. The number of nitrogens with zero attached hydrogens (tertiary/aromatic N) is 3. The number of anilines is 3. The molecular weight excluding hydrogens is 663 g/mol. The van der Waals surface area contributed by atoms with Gasteiger partial charge in [0.05, 0.1) is 6.04 Å². The number of carbonyl (C=O) groups is 3. The van der Waals surface area contributed by atoms with Crippen LogP contribution in [-0.4, -0.2) is 84.6 Å². The van der Waals surface area contributed by atoms with Crippen molar-refractivity contribution in [2.75, 3.05) is 55.7 Å². The maximum absolute atomic E-state index is 14.2. The van der Waals surface area contributed by atoms with Crippen molar-refractivity contribution in [1.29, 1.82) is 0 Å². The van der Waals surface area contributed by atoms with E-state index in [-0.39, 0.29) is 30.2 Å². The molecule has 5 rings (SSSR count). The van der Waals surface area contributed by atoms with Crippen LogP contribution in [0.1, 0.15) is 83.5 Å². The number of benzene rings is 3. The topological polar surface area (TPSA) is 109 Å². The molecule has 10 nitrogen and oxygen atoms in total. The lowest BCUT2D eigenvalue weighted by molar-refractivity contribution is 0.142. The van der Waals surface area contributed by atoms with E-state index in [1.807, 2.05) is 95.9 Å². The Labute approximate surface area is 317 Å². The molecule has 10 heteroatoms. The zero-order chi connectivity index (χ0) is 37.1. The van der Waals surface area contributed by atoms with Crippen LogP contribution in [0.4, 0.5) is 31.4 Å². The molecule has 1 saturated heterocycles. The van der Waals surface area contributed by atoms with Crippen LogP contribution >= 0.6 is 0 Å². The summed E-state index contributed by atoms with van der Waals surface area (Å²) in [6.45, 7) is 3.58. The monoisotopic (exact) mass is 723 g/mol. The minimum atomic E-state index is -0.303. The first kappa shape index (κ1) is 39.6. The summed E-state index contributed by atoms with van der Waals surface area (Å²) in [5, 5.41) is 12.1. The molecule has 53 heavy (non-hydrogen) atoms. The molecule has 286 valence electrons. The second kappa shape index (κ2) is 21.8. The first-order chi connectivity index (χ1) is 25.9. The van der Waals surface area contributed by atoms with Crippen molar-refractivity contribution in [3.05, 3.63) is 91.0 Å². The highest BCUT2D eigenvalue weighted by Crippen LogP contribution is 2.28. The van der Waals surface area contributed by atoms with E-state index >= 15 is 0 Å². The quantitative estimate of drug-likeness (QED) is 0.0982. The van der Waals surface area contributed by atoms with Crippen LogP contribution < -0.4 is 21.3 Å². The van der Waals surface area contributed by atoms with Crippen molar-refractivity contribution < 1.29 is 14.4 Å². The lowest BCUT2D eigenvalue weighted by atomic mass is 9.86. The molecule has 0 bridgehead atoms. The highest BCUT2D eigenvalue weighted by atomic mass is 16.2. The third-order valence-electron chi connectivity index (χ3n) is 10.8. The average Bonchev–Trinajstić information content (AvgIpc) is 3.63. The van der Waals surface area contributed by atoms with Gasteiger partial charge in [-0.2, -0.15) is 0 Å². The number of likely N-dealkylation sites (tertiary alicyclic amines) is 1. The number of hydrogen-bond donors (Lipinski definition) is 4. The van der Waals surface area contributed by atoms with Gasteiger partial charge in [-0.3, -0.25) is 4.90 Å². The standard InChI is InChI=1S/C43H61N7O3/c1-48(42(52)46-37-24-10-4-11-25-37)30-16-15-28-39(33-44-41(51)45-36-22-8-3-9-23-36)50(43(53)47-38-26-12-5-13-27-38)34-40-29-18-32-49(40)31-17-14-21-35-19-6-2-7-20-35/h3-5,8-13,22-27,35,39-40H,2,6-7,14-21,28-34H2,1H3,(H,46,52)(H,47,53)(H2,44,45,51). The van der Waals surface area contributed by atoms with Gasteiger partial charge in [-0.25, -0.2) is 14.4 Å².